The van der Waals surface area contributed by atoms with Crippen LogP contribution in [-0.4, -0.2) is 24.6 Å². The summed E-state index contributed by atoms with van der Waals surface area (Å²) in [5.41, 5.74) is 0.822. The minimum atomic E-state index is -0.539. The summed E-state index contributed by atoms with van der Waals surface area (Å²) in [5, 5.41) is 0. The van der Waals surface area contributed by atoms with Crippen LogP contribution in [0.2, 0.25) is 0 Å². The second-order valence-corrected chi connectivity index (χ2v) is 8.92. The first-order chi connectivity index (χ1) is 13.1. The van der Waals surface area contributed by atoms with E-state index in [2.05, 4.69) is 34.3 Å². The number of carbonyl (C=O) groups is 2. The molecule has 0 saturated heterocycles. The Hall–Kier alpha value is -1.32. The molecule has 0 aliphatic rings. The lowest BCUT2D eigenvalue weighted by Gasteiger charge is -2.20. The molecule has 0 heterocycles. The van der Waals surface area contributed by atoms with Gasteiger partial charge >= 0.3 is 11.9 Å². The molecule has 0 radical (unpaired) electrons. The summed E-state index contributed by atoms with van der Waals surface area (Å²) in [5.74, 6) is 1.58. The molecule has 28 heavy (non-hydrogen) atoms. The van der Waals surface area contributed by atoms with E-state index in [1.54, 1.807) is 0 Å². The Morgan fingerprint density at radius 1 is 0.786 bits per heavy atom. The zero-order valence-corrected chi connectivity index (χ0v) is 19.2. The highest BCUT2D eigenvalue weighted by molar-refractivity contribution is 5.67. The molecule has 0 unspecified atom stereocenters. The van der Waals surface area contributed by atoms with Gasteiger partial charge in [-0.3, -0.25) is 9.59 Å². The third-order valence-corrected chi connectivity index (χ3v) is 5.27. The molecule has 4 nitrogen and oxygen atoms in total. The maximum atomic E-state index is 11.3. The summed E-state index contributed by atoms with van der Waals surface area (Å²) < 4.78 is 10.2. The molecule has 0 aromatic heterocycles. The van der Waals surface area contributed by atoms with Crippen molar-refractivity contribution in [2.24, 2.45) is 17.8 Å². The van der Waals surface area contributed by atoms with E-state index in [4.69, 9.17) is 9.47 Å². The molecule has 3 atom stereocenters. The van der Waals surface area contributed by atoms with Crippen LogP contribution < -0.4 is 0 Å². The maximum absolute atomic E-state index is 11.3. The molecule has 0 N–H and O–H groups in total. The molecule has 0 fully saturated rings. The van der Waals surface area contributed by atoms with Gasteiger partial charge in [-0.1, -0.05) is 79.2 Å². The van der Waals surface area contributed by atoms with Crippen molar-refractivity contribution in [2.75, 3.05) is 6.61 Å². The van der Waals surface area contributed by atoms with Crippen LogP contribution in [0.4, 0.5) is 0 Å². The summed E-state index contributed by atoms with van der Waals surface area (Å²) in [4.78, 5) is 22.3. The van der Waals surface area contributed by atoms with Gasteiger partial charge in [0.2, 0.25) is 0 Å². The molecule has 164 valence electrons. The summed E-state index contributed by atoms with van der Waals surface area (Å²) in [6.07, 6.45) is 10.3. The van der Waals surface area contributed by atoms with E-state index in [1.165, 1.54) is 52.4 Å². The van der Waals surface area contributed by atoms with Crippen LogP contribution in [0, 0.1) is 17.8 Å². The normalized spacial score (nSPS) is 14.4. The lowest BCUT2D eigenvalue weighted by Crippen LogP contribution is -2.25. The van der Waals surface area contributed by atoms with Gasteiger partial charge in [-0.25, -0.2) is 0 Å². The Balaban J connectivity index is 4.00. The number of hydrogen-bond donors (Lipinski definition) is 0. The van der Waals surface area contributed by atoms with Gasteiger partial charge in [-0.15, -0.1) is 0 Å². The first kappa shape index (κ1) is 26.7. The standard InChI is InChI=1S/C24H44O4/c1-18(2)11-8-12-19(3)13-9-14-20(4)15-10-16-21(5)24(28-23(7)26)17-27-22(6)25/h18-20,24H,5,8-17H2,1-4,6-7H3/t19-,20-,24-/m0/s1. The van der Waals surface area contributed by atoms with Crippen LogP contribution in [0.5, 0.6) is 0 Å². The van der Waals surface area contributed by atoms with Crippen LogP contribution >= 0.6 is 0 Å². The van der Waals surface area contributed by atoms with E-state index in [0.29, 0.717) is 5.92 Å². The van der Waals surface area contributed by atoms with Crippen molar-refractivity contribution in [1.82, 2.24) is 0 Å². The average molecular weight is 397 g/mol. The third kappa shape index (κ3) is 15.7. The summed E-state index contributed by atoms with van der Waals surface area (Å²) >= 11 is 0. The Morgan fingerprint density at radius 2 is 1.29 bits per heavy atom. The minimum Gasteiger partial charge on any atom is -0.462 e. The van der Waals surface area contributed by atoms with Gasteiger partial charge in [-0.2, -0.15) is 0 Å². The fraction of sp³-hybridized carbons (Fsp3) is 0.833. The molecule has 0 aromatic carbocycles. The number of rotatable bonds is 16. The van der Waals surface area contributed by atoms with Crippen molar-refractivity contribution < 1.29 is 19.1 Å². The van der Waals surface area contributed by atoms with E-state index in [1.807, 2.05) is 0 Å². The second-order valence-electron chi connectivity index (χ2n) is 8.92. The Kier molecular flexibility index (Phi) is 14.9. The fourth-order valence-electron chi connectivity index (χ4n) is 3.45. The molecule has 0 saturated carbocycles. The van der Waals surface area contributed by atoms with Crippen LogP contribution in [0.25, 0.3) is 0 Å². The first-order valence-electron chi connectivity index (χ1n) is 11.1. The van der Waals surface area contributed by atoms with E-state index < -0.39 is 6.10 Å². The Labute approximate surface area is 173 Å². The smallest absolute Gasteiger partial charge is 0.303 e. The third-order valence-electron chi connectivity index (χ3n) is 5.27. The summed E-state index contributed by atoms with van der Waals surface area (Å²) in [7, 11) is 0. The fourth-order valence-corrected chi connectivity index (χ4v) is 3.45. The lowest BCUT2D eigenvalue weighted by molar-refractivity contribution is -0.154. The van der Waals surface area contributed by atoms with Crippen molar-refractivity contribution in [3.05, 3.63) is 12.2 Å². The predicted octanol–water partition coefficient (Wildman–Crippen LogP) is 6.48. The highest BCUT2D eigenvalue weighted by Crippen LogP contribution is 2.22. The van der Waals surface area contributed by atoms with Crippen LogP contribution in [-0.2, 0) is 19.1 Å². The number of ether oxygens (including phenoxy) is 2. The minimum absolute atomic E-state index is 0.0536. The molecule has 4 heteroatoms. The molecular weight excluding hydrogens is 352 g/mol. The van der Waals surface area contributed by atoms with Crippen molar-refractivity contribution in [3.8, 4) is 0 Å². The SMILES string of the molecule is C=C(CCC[C@@H](C)CCC[C@@H](C)CCCC(C)C)[C@H](COC(C)=O)OC(C)=O. The molecule has 0 rings (SSSR count). The van der Waals surface area contributed by atoms with Crippen LogP contribution in [0.15, 0.2) is 12.2 Å². The van der Waals surface area contributed by atoms with Gasteiger partial charge in [0.25, 0.3) is 0 Å². The second kappa shape index (κ2) is 15.6. The zero-order valence-electron chi connectivity index (χ0n) is 19.2. The lowest BCUT2D eigenvalue weighted by atomic mass is 9.91. The molecule has 0 aliphatic carbocycles. The van der Waals surface area contributed by atoms with Gasteiger partial charge in [0.15, 0.2) is 6.10 Å². The number of esters is 2. The molecule has 0 aromatic rings. The molecule has 0 bridgehead atoms. The predicted molar refractivity (Wildman–Crippen MR) is 116 cm³/mol. The maximum Gasteiger partial charge on any atom is 0.303 e. The average Bonchev–Trinajstić information content (AvgIpc) is 2.57. The topological polar surface area (TPSA) is 52.6 Å². The van der Waals surface area contributed by atoms with Crippen LogP contribution in [0.1, 0.15) is 99.3 Å². The van der Waals surface area contributed by atoms with Crippen molar-refractivity contribution in [2.45, 2.75) is 105 Å². The highest BCUT2D eigenvalue weighted by Gasteiger charge is 2.18. The number of carbonyl (C=O) groups excluding carboxylic acids is 2. The Morgan fingerprint density at radius 3 is 1.75 bits per heavy atom. The molecule has 0 aliphatic heterocycles. The van der Waals surface area contributed by atoms with Crippen LogP contribution in [0.3, 0.4) is 0 Å². The molecule has 0 spiro atoms. The monoisotopic (exact) mass is 396 g/mol. The quantitative estimate of drug-likeness (QED) is 0.221. The first-order valence-corrected chi connectivity index (χ1v) is 11.1. The summed E-state index contributed by atoms with van der Waals surface area (Å²) in [6, 6.07) is 0. The van der Waals surface area contributed by atoms with Crippen molar-refractivity contribution >= 4 is 11.9 Å². The van der Waals surface area contributed by atoms with Gasteiger partial charge in [0, 0.05) is 13.8 Å². The molecule has 0 amide bonds. The Bertz CT molecular complexity index is 456. The van der Waals surface area contributed by atoms with E-state index in [-0.39, 0.29) is 18.5 Å². The van der Waals surface area contributed by atoms with E-state index in [9.17, 15) is 9.59 Å². The van der Waals surface area contributed by atoms with Gasteiger partial charge in [0.1, 0.15) is 6.61 Å². The van der Waals surface area contributed by atoms with Crippen molar-refractivity contribution in [3.63, 3.8) is 0 Å². The van der Waals surface area contributed by atoms with E-state index >= 15 is 0 Å². The van der Waals surface area contributed by atoms with Gasteiger partial charge < -0.3 is 9.47 Å². The van der Waals surface area contributed by atoms with Gasteiger partial charge in [0.05, 0.1) is 0 Å². The van der Waals surface area contributed by atoms with Gasteiger partial charge in [-0.05, 0) is 36.2 Å². The summed E-state index contributed by atoms with van der Waals surface area (Å²) in [6.45, 7) is 16.1. The van der Waals surface area contributed by atoms with Crippen molar-refractivity contribution in [1.29, 1.82) is 0 Å². The zero-order chi connectivity index (χ0) is 21.5. The van der Waals surface area contributed by atoms with E-state index in [0.717, 1.165) is 36.7 Å². The molecular formula is C24H44O4. The highest BCUT2D eigenvalue weighted by atomic mass is 16.6. The number of hydrogen-bond acceptors (Lipinski definition) is 4. The largest absolute Gasteiger partial charge is 0.462 e.